The Bertz CT molecular complexity index is 406. The van der Waals surface area contributed by atoms with Gasteiger partial charge in [-0.15, -0.1) is 0 Å². The van der Waals surface area contributed by atoms with E-state index in [4.69, 9.17) is 5.73 Å². The second kappa shape index (κ2) is 6.70. The highest BCUT2D eigenvalue weighted by Crippen LogP contribution is 2.29. The first-order chi connectivity index (χ1) is 9.61. The van der Waals surface area contributed by atoms with Crippen molar-refractivity contribution in [2.45, 2.75) is 44.8 Å². The molecule has 112 valence electrons. The van der Waals surface area contributed by atoms with Crippen LogP contribution in [0.15, 0.2) is 30.3 Å². The van der Waals surface area contributed by atoms with Crippen LogP contribution in [-0.4, -0.2) is 48.1 Å². The predicted octanol–water partition coefficient (Wildman–Crippen LogP) is 2.32. The van der Waals surface area contributed by atoms with Gasteiger partial charge in [-0.05, 0) is 32.4 Å². The number of hydrogen-bond donors (Lipinski definition) is 1. The second-order valence-corrected chi connectivity index (χ2v) is 6.24. The summed E-state index contributed by atoms with van der Waals surface area (Å²) in [6.45, 7) is 8.57. The summed E-state index contributed by atoms with van der Waals surface area (Å²) in [5.41, 5.74) is 7.70. The van der Waals surface area contributed by atoms with E-state index in [1.54, 1.807) is 0 Å². The Labute approximate surface area is 123 Å². The van der Waals surface area contributed by atoms with E-state index in [0.717, 1.165) is 26.2 Å². The first kappa shape index (κ1) is 15.5. The summed E-state index contributed by atoms with van der Waals surface area (Å²) in [4.78, 5) is 5.05. The number of likely N-dealkylation sites (tertiary alicyclic amines) is 1. The van der Waals surface area contributed by atoms with Crippen LogP contribution >= 0.6 is 0 Å². The molecule has 3 nitrogen and oxygen atoms in total. The SMILES string of the molecule is CCC(C)N(C)C1(CN)CCN(Cc2ccccc2)C1. The van der Waals surface area contributed by atoms with Crippen LogP contribution in [0.25, 0.3) is 0 Å². The van der Waals surface area contributed by atoms with Crippen LogP contribution in [0.2, 0.25) is 0 Å². The molecule has 0 spiro atoms. The number of hydrogen-bond acceptors (Lipinski definition) is 3. The van der Waals surface area contributed by atoms with Crippen molar-refractivity contribution in [1.29, 1.82) is 0 Å². The third kappa shape index (κ3) is 3.22. The minimum absolute atomic E-state index is 0.157. The molecule has 2 rings (SSSR count). The maximum Gasteiger partial charge on any atom is 0.0470 e. The van der Waals surface area contributed by atoms with Crippen LogP contribution in [0.5, 0.6) is 0 Å². The molecule has 1 aromatic rings. The maximum atomic E-state index is 6.15. The number of rotatable bonds is 6. The molecular weight excluding hydrogens is 246 g/mol. The quantitative estimate of drug-likeness (QED) is 0.865. The molecule has 1 aliphatic heterocycles. The Balaban J connectivity index is 2.01. The monoisotopic (exact) mass is 275 g/mol. The van der Waals surface area contributed by atoms with Crippen molar-refractivity contribution in [3.8, 4) is 0 Å². The summed E-state index contributed by atoms with van der Waals surface area (Å²) in [5.74, 6) is 0. The minimum atomic E-state index is 0.157. The molecular formula is C17H29N3. The second-order valence-electron chi connectivity index (χ2n) is 6.24. The molecule has 0 saturated carbocycles. The van der Waals surface area contributed by atoms with Crippen LogP contribution in [0, 0.1) is 0 Å². The topological polar surface area (TPSA) is 32.5 Å². The van der Waals surface area contributed by atoms with Crippen LogP contribution in [0.3, 0.4) is 0 Å². The van der Waals surface area contributed by atoms with E-state index in [1.807, 2.05) is 0 Å². The van der Waals surface area contributed by atoms with Crippen molar-refractivity contribution in [2.75, 3.05) is 26.7 Å². The molecule has 1 heterocycles. The fourth-order valence-corrected chi connectivity index (χ4v) is 3.26. The van der Waals surface area contributed by atoms with Crippen molar-refractivity contribution < 1.29 is 0 Å². The zero-order valence-electron chi connectivity index (χ0n) is 13.2. The van der Waals surface area contributed by atoms with Gasteiger partial charge in [0.05, 0.1) is 0 Å². The van der Waals surface area contributed by atoms with E-state index in [1.165, 1.54) is 18.4 Å². The maximum absolute atomic E-state index is 6.15. The van der Waals surface area contributed by atoms with E-state index < -0.39 is 0 Å². The minimum Gasteiger partial charge on any atom is -0.329 e. The first-order valence-electron chi connectivity index (χ1n) is 7.80. The van der Waals surface area contributed by atoms with Gasteiger partial charge < -0.3 is 5.73 Å². The first-order valence-corrected chi connectivity index (χ1v) is 7.80. The Morgan fingerprint density at radius 3 is 2.65 bits per heavy atom. The molecule has 0 aliphatic carbocycles. The van der Waals surface area contributed by atoms with Gasteiger partial charge in [-0.3, -0.25) is 9.80 Å². The van der Waals surface area contributed by atoms with Gasteiger partial charge in [0.15, 0.2) is 0 Å². The molecule has 1 aliphatic rings. The smallest absolute Gasteiger partial charge is 0.0470 e. The van der Waals surface area contributed by atoms with Crippen molar-refractivity contribution in [2.24, 2.45) is 5.73 Å². The highest BCUT2D eigenvalue weighted by atomic mass is 15.3. The lowest BCUT2D eigenvalue weighted by atomic mass is 9.94. The lowest BCUT2D eigenvalue weighted by molar-refractivity contribution is 0.0867. The fourth-order valence-electron chi connectivity index (χ4n) is 3.26. The largest absolute Gasteiger partial charge is 0.329 e. The van der Waals surface area contributed by atoms with E-state index in [2.05, 4.69) is 61.0 Å². The summed E-state index contributed by atoms with van der Waals surface area (Å²) in [6.07, 6.45) is 2.36. The van der Waals surface area contributed by atoms with Gasteiger partial charge in [0.1, 0.15) is 0 Å². The summed E-state index contributed by atoms with van der Waals surface area (Å²) in [5, 5.41) is 0. The molecule has 2 N–H and O–H groups in total. The molecule has 20 heavy (non-hydrogen) atoms. The Hall–Kier alpha value is -0.900. The highest BCUT2D eigenvalue weighted by molar-refractivity contribution is 5.15. The van der Waals surface area contributed by atoms with E-state index in [0.29, 0.717) is 6.04 Å². The molecule has 2 unspecified atom stereocenters. The van der Waals surface area contributed by atoms with Crippen LogP contribution in [-0.2, 0) is 6.54 Å². The van der Waals surface area contributed by atoms with Crippen molar-refractivity contribution in [3.63, 3.8) is 0 Å². The Morgan fingerprint density at radius 2 is 2.05 bits per heavy atom. The predicted molar refractivity (Wildman–Crippen MR) is 85.6 cm³/mol. The van der Waals surface area contributed by atoms with Crippen molar-refractivity contribution >= 4 is 0 Å². The zero-order valence-corrected chi connectivity index (χ0v) is 13.2. The van der Waals surface area contributed by atoms with Crippen LogP contribution < -0.4 is 5.73 Å². The molecule has 1 aromatic carbocycles. The summed E-state index contributed by atoms with van der Waals surface area (Å²) in [6, 6.07) is 11.3. The molecule has 2 atom stereocenters. The molecule has 3 heteroatoms. The highest BCUT2D eigenvalue weighted by Gasteiger charge is 2.41. The van der Waals surface area contributed by atoms with Gasteiger partial charge in [0, 0.05) is 37.8 Å². The average molecular weight is 275 g/mol. The van der Waals surface area contributed by atoms with Gasteiger partial charge >= 0.3 is 0 Å². The van der Waals surface area contributed by atoms with Gasteiger partial charge in [-0.25, -0.2) is 0 Å². The van der Waals surface area contributed by atoms with Gasteiger partial charge in [-0.2, -0.15) is 0 Å². The van der Waals surface area contributed by atoms with Gasteiger partial charge in [-0.1, -0.05) is 37.3 Å². The third-order valence-corrected chi connectivity index (χ3v) is 5.04. The summed E-state index contributed by atoms with van der Waals surface area (Å²) >= 11 is 0. The zero-order chi connectivity index (χ0) is 14.6. The lowest BCUT2D eigenvalue weighted by Crippen LogP contribution is -2.56. The van der Waals surface area contributed by atoms with E-state index >= 15 is 0 Å². The number of benzene rings is 1. The van der Waals surface area contributed by atoms with Crippen LogP contribution in [0.1, 0.15) is 32.3 Å². The van der Waals surface area contributed by atoms with Gasteiger partial charge in [0.2, 0.25) is 0 Å². The normalized spacial score (nSPS) is 25.2. The standard InChI is InChI=1S/C17H29N3/c1-4-15(2)19(3)17(13-18)10-11-20(14-17)12-16-8-6-5-7-9-16/h5-9,15H,4,10-14,18H2,1-3H3. The van der Waals surface area contributed by atoms with Crippen molar-refractivity contribution in [3.05, 3.63) is 35.9 Å². The fraction of sp³-hybridized carbons (Fsp3) is 0.647. The summed E-state index contributed by atoms with van der Waals surface area (Å²) in [7, 11) is 2.24. The van der Waals surface area contributed by atoms with Gasteiger partial charge in [0.25, 0.3) is 0 Å². The van der Waals surface area contributed by atoms with Crippen molar-refractivity contribution in [1.82, 2.24) is 9.80 Å². The molecule has 1 saturated heterocycles. The number of nitrogens with zero attached hydrogens (tertiary/aromatic N) is 2. The molecule has 0 amide bonds. The van der Waals surface area contributed by atoms with E-state index in [9.17, 15) is 0 Å². The Kier molecular flexibility index (Phi) is 5.19. The van der Waals surface area contributed by atoms with E-state index in [-0.39, 0.29) is 5.54 Å². The molecule has 0 radical (unpaired) electrons. The molecule has 0 bridgehead atoms. The van der Waals surface area contributed by atoms with Crippen LogP contribution in [0.4, 0.5) is 0 Å². The molecule has 1 fully saturated rings. The third-order valence-electron chi connectivity index (χ3n) is 5.04. The number of nitrogens with two attached hydrogens (primary N) is 1. The average Bonchev–Trinajstić information content (AvgIpc) is 2.91. The Morgan fingerprint density at radius 1 is 1.35 bits per heavy atom. The summed E-state index contributed by atoms with van der Waals surface area (Å²) < 4.78 is 0. The lowest BCUT2D eigenvalue weighted by Gasteiger charge is -2.41. The number of likely N-dealkylation sites (N-methyl/N-ethyl adjacent to an activating group) is 1. The molecule has 0 aromatic heterocycles.